The fourth-order valence-electron chi connectivity index (χ4n) is 7.73. The average molecular weight is 603 g/mol. The Morgan fingerprint density at radius 2 is 1.13 bits per heavy atom. The van der Waals surface area contributed by atoms with Crippen LogP contribution in [-0.2, 0) is 20.6 Å². The molecule has 3 saturated heterocycles. The molecule has 0 aromatic heterocycles. The largest absolute Gasteiger partial charge is 0.492 e. The molecule has 0 bridgehead atoms. The summed E-state index contributed by atoms with van der Waals surface area (Å²) in [6, 6.07) is 28.4. The van der Waals surface area contributed by atoms with Crippen LogP contribution in [0.25, 0.3) is 43.4 Å². The van der Waals surface area contributed by atoms with Gasteiger partial charge in [-0.05, 0) is 28.1 Å². The molecule has 0 atom stereocenters. The first-order valence-electron chi connectivity index (χ1n) is 16.3. The molecule has 5 aromatic rings. The topological polar surface area (TPSA) is 46.2 Å². The zero-order valence-electron chi connectivity index (χ0n) is 26.8. The maximum atomic E-state index is 7.51. The van der Waals surface area contributed by atoms with Crippen molar-refractivity contribution in [2.45, 2.75) is 40.2 Å². The number of aryl methyl sites for hydroxylation is 1. The molecule has 5 nitrogen and oxygen atoms in total. The van der Waals surface area contributed by atoms with Crippen molar-refractivity contribution in [1.82, 2.24) is 0 Å². The third-order valence-corrected chi connectivity index (χ3v) is 10.3. The third-order valence-electron chi connectivity index (χ3n) is 10.3. The Kier molecular flexibility index (Phi) is 6.86. The highest BCUT2D eigenvalue weighted by Crippen LogP contribution is 2.52. The van der Waals surface area contributed by atoms with Gasteiger partial charge in [-0.25, -0.2) is 0 Å². The molecule has 0 aliphatic carbocycles. The number of rotatable bonds is 9. The van der Waals surface area contributed by atoms with Crippen LogP contribution in [0.5, 0.6) is 11.5 Å². The smallest absolute Gasteiger partial charge is 0.135 e. The second-order valence-corrected chi connectivity index (χ2v) is 14.5. The molecule has 8 rings (SSSR count). The van der Waals surface area contributed by atoms with E-state index >= 15 is 0 Å². The van der Waals surface area contributed by atoms with Crippen LogP contribution < -0.4 is 9.47 Å². The Hall–Kier alpha value is -3.64. The molecule has 0 amide bonds. The van der Waals surface area contributed by atoms with Gasteiger partial charge in [0.25, 0.3) is 0 Å². The molecule has 5 heteroatoms. The Morgan fingerprint density at radius 3 is 1.62 bits per heavy atom. The standard InChI is InChI=1S/C40H42O5/c1-5-26-18-27-12-6-7-13-28(27)36(45-37(39(3)22-42-23-39)40(4)24-43-25-40)33(26)34-29-14-8-10-16-31(29)35(32-17-11-9-15-30(32)34)44-21-38(2)19-41-20-38/h6-18,37H,5,19-25H2,1-4H3. The first-order chi connectivity index (χ1) is 21.8. The summed E-state index contributed by atoms with van der Waals surface area (Å²) in [5, 5.41) is 6.90. The fourth-order valence-corrected chi connectivity index (χ4v) is 7.73. The molecule has 0 N–H and O–H groups in total. The minimum absolute atomic E-state index is 0.0350. The highest BCUT2D eigenvalue weighted by atomic mass is 16.5. The first-order valence-corrected chi connectivity index (χ1v) is 16.3. The SMILES string of the molecule is CCc1cc2ccccc2c(OC(C2(C)COC2)C2(C)COC2)c1-c1c2ccccc2c(OCC2(C)COC2)c2ccccc12. The predicted octanol–water partition coefficient (Wildman–Crippen LogP) is 8.61. The van der Waals surface area contributed by atoms with E-state index in [0.29, 0.717) is 33.0 Å². The highest BCUT2D eigenvalue weighted by Gasteiger charge is 2.55. The molecule has 0 unspecified atom stereocenters. The lowest BCUT2D eigenvalue weighted by Gasteiger charge is -2.54. The van der Waals surface area contributed by atoms with Gasteiger partial charge in [0, 0.05) is 32.7 Å². The quantitative estimate of drug-likeness (QED) is 0.158. The van der Waals surface area contributed by atoms with Crippen LogP contribution in [-0.4, -0.2) is 52.4 Å². The van der Waals surface area contributed by atoms with Crippen LogP contribution in [0, 0.1) is 16.2 Å². The van der Waals surface area contributed by atoms with Gasteiger partial charge in [0.05, 0.1) is 57.1 Å². The van der Waals surface area contributed by atoms with Crippen molar-refractivity contribution in [3.63, 3.8) is 0 Å². The molecule has 0 saturated carbocycles. The molecule has 3 fully saturated rings. The molecule has 0 spiro atoms. The van der Waals surface area contributed by atoms with E-state index in [1.165, 1.54) is 32.8 Å². The maximum Gasteiger partial charge on any atom is 0.135 e. The number of fused-ring (bicyclic) bond motifs is 3. The number of hydrogen-bond donors (Lipinski definition) is 0. The molecule has 232 valence electrons. The van der Waals surface area contributed by atoms with Gasteiger partial charge in [-0.1, -0.05) is 107 Å². The summed E-state index contributed by atoms with van der Waals surface area (Å²) in [6.07, 6.45) is 0.814. The minimum Gasteiger partial charge on any atom is -0.492 e. The van der Waals surface area contributed by atoms with E-state index in [-0.39, 0.29) is 22.3 Å². The Labute approximate surface area is 265 Å². The summed E-state index contributed by atoms with van der Waals surface area (Å²) < 4.78 is 31.4. The van der Waals surface area contributed by atoms with E-state index in [2.05, 4.69) is 107 Å². The molecule has 3 aliphatic rings. The Morgan fingerprint density at radius 1 is 0.622 bits per heavy atom. The second-order valence-electron chi connectivity index (χ2n) is 14.5. The number of benzene rings is 5. The zero-order valence-corrected chi connectivity index (χ0v) is 26.8. The third kappa shape index (κ3) is 4.62. The second kappa shape index (κ2) is 10.7. The molecular weight excluding hydrogens is 560 g/mol. The predicted molar refractivity (Wildman–Crippen MR) is 180 cm³/mol. The van der Waals surface area contributed by atoms with E-state index in [1.807, 2.05) is 0 Å². The van der Waals surface area contributed by atoms with Gasteiger partial charge in [-0.15, -0.1) is 0 Å². The zero-order chi connectivity index (χ0) is 30.8. The van der Waals surface area contributed by atoms with Gasteiger partial charge < -0.3 is 23.7 Å². The summed E-state index contributed by atoms with van der Waals surface area (Å²) in [5.74, 6) is 1.90. The van der Waals surface area contributed by atoms with Crippen LogP contribution in [0.15, 0.2) is 78.9 Å². The molecule has 5 aromatic carbocycles. The van der Waals surface area contributed by atoms with Crippen LogP contribution in [0.3, 0.4) is 0 Å². The lowest BCUT2D eigenvalue weighted by atomic mass is 9.67. The lowest BCUT2D eigenvalue weighted by Crippen LogP contribution is -2.63. The van der Waals surface area contributed by atoms with Gasteiger partial charge >= 0.3 is 0 Å². The average Bonchev–Trinajstić information content (AvgIpc) is 3.02. The van der Waals surface area contributed by atoms with Crippen molar-refractivity contribution in [3.8, 4) is 22.6 Å². The molecule has 45 heavy (non-hydrogen) atoms. The van der Waals surface area contributed by atoms with Crippen LogP contribution in [0.2, 0.25) is 0 Å². The van der Waals surface area contributed by atoms with Crippen molar-refractivity contribution in [2.75, 3.05) is 46.2 Å². The molecule has 0 radical (unpaired) electrons. The van der Waals surface area contributed by atoms with Gasteiger partial charge in [-0.3, -0.25) is 0 Å². The van der Waals surface area contributed by atoms with Gasteiger partial charge in [0.2, 0.25) is 0 Å². The summed E-state index contributed by atoms with van der Waals surface area (Å²) in [5.41, 5.74) is 3.49. The normalized spacial score (nSPS) is 19.7. The maximum absolute atomic E-state index is 7.51. The molecule has 3 heterocycles. The van der Waals surface area contributed by atoms with E-state index in [4.69, 9.17) is 23.7 Å². The summed E-state index contributed by atoms with van der Waals surface area (Å²) in [7, 11) is 0. The van der Waals surface area contributed by atoms with Crippen molar-refractivity contribution in [1.29, 1.82) is 0 Å². The van der Waals surface area contributed by atoms with E-state index in [9.17, 15) is 0 Å². The molecule has 3 aliphatic heterocycles. The molecular formula is C40H42O5. The summed E-state index contributed by atoms with van der Waals surface area (Å²) >= 11 is 0. The van der Waals surface area contributed by atoms with Crippen molar-refractivity contribution >= 4 is 32.3 Å². The number of hydrogen-bond acceptors (Lipinski definition) is 5. The lowest BCUT2D eigenvalue weighted by molar-refractivity contribution is -0.236. The highest BCUT2D eigenvalue weighted by molar-refractivity contribution is 6.19. The summed E-state index contributed by atoms with van der Waals surface area (Å²) in [6.45, 7) is 13.9. The van der Waals surface area contributed by atoms with Crippen LogP contribution in [0.1, 0.15) is 33.3 Å². The van der Waals surface area contributed by atoms with E-state index in [0.717, 1.165) is 47.3 Å². The minimum atomic E-state index is -0.0949. The first kappa shape index (κ1) is 28.8. The van der Waals surface area contributed by atoms with Crippen molar-refractivity contribution < 1.29 is 23.7 Å². The van der Waals surface area contributed by atoms with Crippen molar-refractivity contribution in [2.24, 2.45) is 16.2 Å². The van der Waals surface area contributed by atoms with Gasteiger partial charge in [0.1, 0.15) is 17.6 Å². The number of ether oxygens (including phenoxy) is 5. The van der Waals surface area contributed by atoms with E-state index in [1.54, 1.807) is 0 Å². The summed E-state index contributed by atoms with van der Waals surface area (Å²) in [4.78, 5) is 0. The Bertz CT molecular complexity index is 1840. The van der Waals surface area contributed by atoms with Crippen LogP contribution >= 0.6 is 0 Å². The van der Waals surface area contributed by atoms with Crippen LogP contribution in [0.4, 0.5) is 0 Å². The fraction of sp³-hybridized carbons (Fsp3) is 0.400. The van der Waals surface area contributed by atoms with Gasteiger partial charge in [-0.2, -0.15) is 0 Å². The van der Waals surface area contributed by atoms with Crippen molar-refractivity contribution in [3.05, 3.63) is 84.4 Å². The van der Waals surface area contributed by atoms with E-state index < -0.39 is 0 Å². The Balaban J connectivity index is 1.41. The van der Waals surface area contributed by atoms with Gasteiger partial charge in [0.15, 0.2) is 0 Å². The monoisotopic (exact) mass is 602 g/mol.